The SMILES string of the molecule is [O]Cc1nncc2ccccc12. The molecule has 0 saturated carbocycles. The highest BCUT2D eigenvalue weighted by molar-refractivity contribution is 5.83. The first-order valence-corrected chi connectivity index (χ1v) is 3.69. The van der Waals surface area contributed by atoms with Gasteiger partial charge >= 0.3 is 0 Å². The first kappa shape index (κ1) is 7.18. The van der Waals surface area contributed by atoms with Crippen molar-refractivity contribution in [2.24, 2.45) is 0 Å². The molecule has 0 saturated heterocycles. The molecule has 0 atom stereocenters. The maximum Gasteiger partial charge on any atom is 0.127 e. The van der Waals surface area contributed by atoms with E-state index in [2.05, 4.69) is 10.2 Å². The lowest BCUT2D eigenvalue weighted by atomic mass is 10.1. The van der Waals surface area contributed by atoms with Gasteiger partial charge in [0.1, 0.15) is 6.61 Å². The molecule has 59 valence electrons. The predicted octanol–water partition coefficient (Wildman–Crippen LogP) is 1.56. The van der Waals surface area contributed by atoms with Crippen molar-refractivity contribution in [3.05, 3.63) is 36.2 Å². The minimum atomic E-state index is -0.311. The Kier molecular flexibility index (Phi) is 1.72. The fourth-order valence-electron chi connectivity index (χ4n) is 1.19. The molecular formula is C9H7N2O. The summed E-state index contributed by atoms with van der Waals surface area (Å²) in [6, 6.07) is 7.61. The zero-order chi connectivity index (χ0) is 8.39. The third-order valence-electron chi connectivity index (χ3n) is 1.78. The van der Waals surface area contributed by atoms with Crippen LogP contribution in [0.15, 0.2) is 30.5 Å². The number of hydrogen-bond donors (Lipinski definition) is 0. The third-order valence-corrected chi connectivity index (χ3v) is 1.78. The smallest absolute Gasteiger partial charge is 0.127 e. The average Bonchev–Trinajstić information content (AvgIpc) is 2.17. The Hall–Kier alpha value is -1.48. The first-order chi connectivity index (χ1) is 5.92. The molecule has 1 aromatic heterocycles. The summed E-state index contributed by atoms with van der Waals surface area (Å²) < 4.78 is 0. The van der Waals surface area contributed by atoms with E-state index < -0.39 is 0 Å². The number of rotatable bonds is 1. The van der Waals surface area contributed by atoms with Gasteiger partial charge in [-0.15, -0.1) is 0 Å². The van der Waals surface area contributed by atoms with Gasteiger partial charge in [-0.1, -0.05) is 24.3 Å². The minimum absolute atomic E-state index is 0.311. The molecule has 1 heterocycles. The molecule has 0 bridgehead atoms. The number of benzene rings is 1. The van der Waals surface area contributed by atoms with Gasteiger partial charge in [-0.05, 0) is 0 Å². The van der Waals surface area contributed by atoms with E-state index in [4.69, 9.17) is 0 Å². The lowest BCUT2D eigenvalue weighted by molar-refractivity contribution is 0.174. The summed E-state index contributed by atoms with van der Waals surface area (Å²) in [7, 11) is 0. The highest BCUT2D eigenvalue weighted by Gasteiger charge is 2.00. The van der Waals surface area contributed by atoms with Gasteiger partial charge in [0.25, 0.3) is 0 Å². The number of nitrogens with zero attached hydrogens (tertiary/aromatic N) is 2. The van der Waals surface area contributed by atoms with Crippen LogP contribution in [-0.4, -0.2) is 10.2 Å². The molecule has 0 amide bonds. The van der Waals surface area contributed by atoms with Crippen molar-refractivity contribution < 1.29 is 5.11 Å². The summed E-state index contributed by atoms with van der Waals surface area (Å²) in [5.41, 5.74) is 0.521. The fourth-order valence-corrected chi connectivity index (χ4v) is 1.19. The van der Waals surface area contributed by atoms with Crippen molar-refractivity contribution in [2.75, 3.05) is 0 Å². The number of fused-ring (bicyclic) bond motifs is 1. The van der Waals surface area contributed by atoms with E-state index in [9.17, 15) is 5.11 Å². The molecule has 0 N–H and O–H groups in total. The van der Waals surface area contributed by atoms with Gasteiger partial charge in [-0.2, -0.15) is 10.2 Å². The van der Waals surface area contributed by atoms with Crippen molar-refractivity contribution in [2.45, 2.75) is 6.61 Å². The molecule has 0 aliphatic carbocycles. The van der Waals surface area contributed by atoms with Crippen LogP contribution >= 0.6 is 0 Å². The predicted molar refractivity (Wildman–Crippen MR) is 43.9 cm³/mol. The largest absolute Gasteiger partial charge is 0.230 e. The molecule has 2 aromatic rings. The van der Waals surface area contributed by atoms with Crippen molar-refractivity contribution in [3.63, 3.8) is 0 Å². The van der Waals surface area contributed by atoms with Crippen LogP contribution in [0.25, 0.3) is 10.8 Å². The monoisotopic (exact) mass is 159 g/mol. The molecule has 0 aliphatic heterocycles. The standard InChI is InChI=1S/C9H7N2O/c12-6-9-8-4-2-1-3-7(8)5-10-11-9/h1-5H,6H2. The van der Waals surface area contributed by atoms with E-state index in [1.54, 1.807) is 6.20 Å². The maximum atomic E-state index is 10.6. The first-order valence-electron chi connectivity index (χ1n) is 3.69. The summed E-state index contributed by atoms with van der Waals surface area (Å²) >= 11 is 0. The summed E-state index contributed by atoms with van der Waals surface area (Å²) in [5, 5.41) is 20.0. The Bertz CT molecular complexity index is 395. The second-order valence-electron chi connectivity index (χ2n) is 2.52. The summed E-state index contributed by atoms with van der Waals surface area (Å²) in [4.78, 5) is 0. The van der Waals surface area contributed by atoms with Crippen LogP contribution in [-0.2, 0) is 11.7 Å². The molecule has 1 aromatic carbocycles. The van der Waals surface area contributed by atoms with Crippen molar-refractivity contribution in [1.29, 1.82) is 0 Å². The van der Waals surface area contributed by atoms with Gasteiger partial charge in [-0.3, -0.25) is 0 Å². The van der Waals surface area contributed by atoms with E-state index in [0.29, 0.717) is 5.69 Å². The van der Waals surface area contributed by atoms with Crippen LogP contribution in [0, 0.1) is 0 Å². The second kappa shape index (κ2) is 2.87. The molecule has 3 heteroatoms. The Balaban J connectivity index is 2.79. The lowest BCUT2D eigenvalue weighted by Crippen LogP contribution is -1.92. The van der Waals surface area contributed by atoms with Gasteiger partial charge in [0.05, 0.1) is 11.9 Å². The van der Waals surface area contributed by atoms with Crippen molar-refractivity contribution >= 4 is 10.8 Å². The molecule has 0 fully saturated rings. The van der Waals surface area contributed by atoms with E-state index in [1.165, 1.54) is 0 Å². The summed E-state index contributed by atoms with van der Waals surface area (Å²) in [5.74, 6) is 0. The molecule has 1 radical (unpaired) electrons. The van der Waals surface area contributed by atoms with Crippen LogP contribution in [0.5, 0.6) is 0 Å². The van der Waals surface area contributed by atoms with Crippen LogP contribution in [0.4, 0.5) is 0 Å². The third kappa shape index (κ3) is 1.04. The molecule has 0 aliphatic rings. The number of hydrogen-bond acceptors (Lipinski definition) is 2. The van der Waals surface area contributed by atoms with E-state index >= 15 is 0 Å². The molecule has 3 nitrogen and oxygen atoms in total. The Labute approximate surface area is 69.7 Å². The average molecular weight is 159 g/mol. The zero-order valence-corrected chi connectivity index (χ0v) is 6.40. The molecule has 2 rings (SSSR count). The minimum Gasteiger partial charge on any atom is -0.230 e. The van der Waals surface area contributed by atoms with Crippen LogP contribution in [0.1, 0.15) is 5.69 Å². The van der Waals surface area contributed by atoms with E-state index in [0.717, 1.165) is 10.8 Å². The quantitative estimate of drug-likeness (QED) is 0.633. The Morgan fingerprint density at radius 1 is 1.25 bits per heavy atom. The normalized spacial score (nSPS) is 10.4. The number of aromatic nitrogens is 2. The zero-order valence-electron chi connectivity index (χ0n) is 6.40. The molecule has 0 spiro atoms. The van der Waals surface area contributed by atoms with Gasteiger partial charge in [-0.25, -0.2) is 5.11 Å². The Morgan fingerprint density at radius 3 is 2.92 bits per heavy atom. The lowest BCUT2D eigenvalue weighted by Gasteiger charge is -1.98. The second-order valence-corrected chi connectivity index (χ2v) is 2.52. The summed E-state index contributed by atoms with van der Waals surface area (Å²) in [6.45, 7) is -0.311. The van der Waals surface area contributed by atoms with Crippen molar-refractivity contribution in [1.82, 2.24) is 10.2 Å². The van der Waals surface area contributed by atoms with E-state index in [1.807, 2.05) is 24.3 Å². The van der Waals surface area contributed by atoms with E-state index in [-0.39, 0.29) is 6.61 Å². The molecule has 0 unspecified atom stereocenters. The van der Waals surface area contributed by atoms with Crippen LogP contribution in [0.3, 0.4) is 0 Å². The molecule has 12 heavy (non-hydrogen) atoms. The summed E-state index contributed by atoms with van der Waals surface area (Å²) in [6.07, 6.45) is 1.66. The van der Waals surface area contributed by atoms with Gasteiger partial charge < -0.3 is 0 Å². The topological polar surface area (TPSA) is 45.7 Å². The highest BCUT2D eigenvalue weighted by atomic mass is 16.3. The highest BCUT2D eigenvalue weighted by Crippen LogP contribution is 2.14. The van der Waals surface area contributed by atoms with Crippen molar-refractivity contribution in [3.8, 4) is 0 Å². The van der Waals surface area contributed by atoms with Gasteiger partial charge in [0, 0.05) is 10.8 Å². The maximum absolute atomic E-state index is 10.6. The molecular weight excluding hydrogens is 152 g/mol. The van der Waals surface area contributed by atoms with Crippen LogP contribution < -0.4 is 0 Å². The van der Waals surface area contributed by atoms with Gasteiger partial charge in [0.15, 0.2) is 0 Å². The fraction of sp³-hybridized carbons (Fsp3) is 0.111. The Morgan fingerprint density at radius 2 is 2.08 bits per heavy atom. The van der Waals surface area contributed by atoms with Gasteiger partial charge in [0.2, 0.25) is 0 Å². The van der Waals surface area contributed by atoms with Crippen LogP contribution in [0.2, 0.25) is 0 Å².